The molecule has 0 aliphatic rings. The number of ketones is 1. The predicted molar refractivity (Wildman–Crippen MR) is 101 cm³/mol. The summed E-state index contributed by atoms with van der Waals surface area (Å²) in [6.07, 6.45) is 12.7. The molecule has 22 heavy (non-hydrogen) atoms. The molecule has 2 heteroatoms. The molecule has 0 amide bonds. The van der Waals surface area contributed by atoms with E-state index in [0.717, 1.165) is 5.57 Å². The largest absolute Gasteiger partial charge is 0.294 e. The lowest BCUT2D eigenvalue weighted by atomic mass is 10.0. The van der Waals surface area contributed by atoms with Crippen LogP contribution in [0.1, 0.15) is 41.0 Å². The Morgan fingerprint density at radius 1 is 0.955 bits per heavy atom. The molecule has 0 saturated heterocycles. The number of Topliss-reactive ketones (excluding diaryl/α,β-unsaturated/α-hetero) is 1. The average Bonchev–Trinajstić information content (AvgIpc) is 2.58. The number of hydrogen-bond acceptors (Lipinski definition) is 1. The van der Waals surface area contributed by atoms with E-state index in [4.69, 9.17) is 0 Å². The van der Waals surface area contributed by atoms with Gasteiger partial charge in [-0.3, -0.25) is 9.18 Å². The summed E-state index contributed by atoms with van der Waals surface area (Å²) < 4.78 is 9.50. The SMILES string of the molecule is C=C/C=C\C(=C)C(=O)CC(=C)/C=C\C=C/C.CC.CC.CF. The summed E-state index contributed by atoms with van der Waals surface area (Å²) in [5.74, 6) is -0.0202. The first-order valence-corrected chi connectivity index (χ1v) is 7.48. The highest BCUT2D eigenvalue weighted by Gasteiger charge is 2.04. The van der Waals surface area contributed by atoms with Crippen LogP contribution in [0.5, 0.6) is 0 Å². The van der Waals surface area contributed by atoms with Crippen molar-refractivity contribution >= 4 is 5.78 Å². The fourth-order valence-corrected chi connectivity index (χ4v) is 0.959. The van der Waals surface area contributed by atoms with E-state index >= 15 is 0 Å². The van der Waals surface area contributed by atoms with Gasteiger partial charge in [0.05, 0.1) is 7.18 Å². The quantitative estimate of drug-likeness (QED) is 0.384. The Morgan fingerprint density at radius 2 is 1.45 bits per heavy atom. The average molecular weight is 308 g/mol. The van der Waals surface area contributed by atoms with E-state index in [-0.39, 0.29) is 5.78 Å². The van der Waals surface area contributed by atoms with Crippen molar-refractivity contribution in [3.05, 3.63) is 73.4 Å². The van der Waals surface area contributed by atoms with Gasteiger partial charge in [0, 0.05) is 12.0 Å². The molecule has 0 bridgehead atoms. The van der Waals surface area contributed by atoms with E-state index in [1.807, 2.05) is 58.9 Å². The summed E-state index contributed by atoms with van der Waals surface area (Å²) in [7, 11) is 0.500. The van der Waals surface area contributed by atoms with Crippen LogP contribution >= 0.6 is 0 Å². The summed E-state index contributed by atoms with van der Waals surface area (Å²) in [5.41, 5.74) is 1.25. The minimum Gasteiger partial charge on any atom is -0.294 e. The topological polar surface area (TPSA) is 17.1 Å². The molecule has 0 N–H and O–H groups in total. The Morgan fingerprint density at radius 3 is 1.86 bits per heavy atom. The van der Waals surface area contributed by atoms with Crippen molar-refractivity contribution in [1.29, 1.82) is 0 Å². The third-order valence-corrected chi connectivity index (χ3v) is 1.81. The Kier molecular flexibility index (Phi) is 35.2. The summed E-state index contributed by atoms with van der Waals surface area (Å²) in [6, 6.07) is 0. The Hall–Kier alpha value is -1.96. The zero-order chi connectivity index (χ0) is 18.4. The number of alkyl halides is 1. The predicted octanol–water partition coefficient (Wildman–Crippen LogP) is 6.57. The number of hydrogen-bond donors (Lipinski definition) is 0. The fraction of sp³-hybridized carbons (Fsp3) is 0.350. The first-order chi connectivity index (χ1) is 10.6. The van der Waals surface area contributed by atoms with Gasteiger partial charge in [-0.15, -0.1) is 0 Å². The monoisotopic (exact) mass is 308 g/mol. The molecule has 0 rings (SSSR count). The molecule has 0 saturated carbocycles. The Balaban J connectivity index is -0.000000238. The number of allylic oxidation sites excluding steroid dienone is 9. The van der Waals surface area contributed by atoms with Gasteiger partial charge in [0.1, 0.15) is 0 Å². The highest BCUT2D eigenvalue weighted by atomic mass is 19.1. The molecule has 0 aliphatic carbocycles. The summed E-state index contributed by atoms with van der Waals surface area (Å²) in [5, 5.41) is 0. The molecule has 0 aromatic heterocycles. The maximum Gasteiger partial charge on any atom is 0.166 e. The lowest BCUT2D eigenvalue weighted by Gasteiger charge is -1.99. The number of halogens is 1. The highest BCUT2D eigenvalue weighted by molar-refractivity contribution is 5.99. The first kappa shape index (κ1) is 28.2. The van der Waals surface area contributed by atoms with Crippen molar-refractivity contribution < 1.29 is 9.18 Å². The number of carbonyl (C=O) groups is 1. The summed E-state index contributed by atoms with van der Waals surface area (Å²) in [6.45, 7) is 20.9. The lowest BCUT2D eigenvalue weighted by molar-refractivity contribution is -0.114. The Labute approximate surface area is 137 Å². The molecular formula is C20H33FO. The van der Waals surface area contributed by atoms with Gasteiger partial charge in [-0.2, -0.15) is 0 Å². The fourth-order valence-electron chi connectivity index (χ4n) is 0.959. The van der Waals surface area contributed by atoms with Crippen LogP contribution in [0.4, 0.5) is 4.39 Å². The van der Waals surface area contributed by atoms with Gasteiger partial charge < -0.3 is 0 Å². The van der Waals surface area contributed by atoms with Crippen LogP contribution < -0.4 is 0 Å². The van der Waals surface area contributed by atoms with E-state index < -0.39 is 0 Å². The molecule has 126 valence electrons. The van der Waals surface area contributed by atoms with Crippen molar-refractivity contribution in [3.8, 4) is 0 Å². The number of carbonyl (C=O) groups excluding carboxylic acids is 1. The van der Waals surface area contributed by atoms with Gasteiger partial charge in [-0.1, -0.05) is 90.0 Å². The molecule has 0 aliphatic heterocycles. The van der Waals surface area contributed by atoms with Crippen molar-refractivity contribution in [2.24, 2.45) is 0 Å². The second-order valence-electron chi connectivity index (χ2n) is 3.26. The Bertz CT molecular complexity index is 371. The van der Waals surface area contributed by atoms with Crippen molar-refractivity contribution in [1.82, 2.24) is 0 Å². The van der Waals surface area contributed by atoms with Crippen LogP contribution in [0.2, 0.25) is 0 Å². The van der Waals surface area contributed by atoms with E-state index in [2.05, 4.69) is 19.7 Å². The normalized spacial score (nSPS) is 9.05. The maximum absolute atomic E-state index is 11.6. The molecule has 0 aromatic carbocycles. The van der Waals surface area contributed by atoms with Gasteiger partial charge in [0.25, 0.3) is 0 Å². The van der Waals surface area contributed by atoms with Gasteiger partial charge in [0.2, 0.25) is 0 Å². The van der Waals surface area contributed by atoms with Crippen molar-refractivity contribution in [3.63, 3.8) is 0 Å². The molecule has 0 fully saturated rings. The summed E-state index contributed by atoms with van der Waals surface area (Å²) in [4.78, 5) is 11.6. The van der Waals surface area contributed by atoms with Crippen LogP contribution in [-0.4, -0.2) is 13.0 Å². The van der Waals surface area contributed by atoms with Crippen molar-refractivity contribution in [2.45, 2.75) is 41.0 Å². The van der Waals surface area contributed by atoms with Crippen LogP contribution in [0.15, 0.2) is 73.4 Å². The van der Waals surface area contributed by atoms with E-state index in [1.165, 1.54) is 0 Å². The van der Waals surface area contributed by atoms with Gasteiger partial charge in [-0.25, -0.2) is 0 Å². The van der Waals surface area contributed by atoms with Crippen LogP contribution in [-0.2, 0) is 4.79 Å². The number of rotatable bonds is 7. The second kappa shape index (κ2) is 27.4. The molecule has 0 unspecified atom stereocenters. The third kappa shape index (κ3) is 23.2. The molecule has 0 atom stereocenters. The minimum absolute atomic E-state index is 0.0202. The standard InChI is InChI=1S/C15H18O.2C2H6.CH3F/c1-5-7-9-10-13(3)12-15(16)14(4)11-8-6-2;3*1-2/h5-11H,2-4,12H2,1H3;2*1-2H3;1H3/b7-5-,10-9-,11-8-;;;. The zero-order valence-corrected chi connectivity index (χ0v) is 15.2. The van der Waals surface area contributed by atoms with E-state index in [0.29, 0.717) is 19.2 Å². The summed E-state index contributed by atoms with van der Waals surface area (Å²) >= 11 is 0. The van der Waals surface area contributed by atoms with Gasteiger partial charge in [0.15, 0.2) is 5.78 Å². The highest BCUT2D eigenvalue weighted by Crippen LogP contribution is 2.07. The van der Waals surface area contributed by atoms with Crippen molar-refractivity contribution in [2.75, 3.05) is 7.18 Å². The van der Waals surface area contributed by atoms with E-state index in [9.17, 15) is 9.18 Å². The molecular weight excluding hydrogens is 275 g/mol. The molecule has 1 nitrogen and oxygen atoms in total. The van der Waals surface area contributed by atoms with Crippen LogP contribution in [0.25, 0.3) is 0 Å². The minimum atomic E-state index is -0.0202. The molecule has 0 aromatic rings. The van der Waals surface area contributed by atoms with Gasteiger partial charge >= 0.3 is 0 Å². The molecule has 0 spiro atoms. The van der Waals surface area contributed by atoms with Gasteiger partial charge in [-0.05, 0) is 12.5 Å². The molecule has 0 radical (unpaired) electrons. The van der Waals surface area contributed by atoms with Crippen LogP contribution in [0, 0.1) is 0 Å². The first-order valence-electron chi connectivity index (χ1n) is 7.48. The second-order valence-corrected chi connectivity index (χ2v) is 3.26. The zero-order valence-electron chi connectivity index (χ0n) is 15.2. The van der Waals surface area contributed by atoms with E-state index in [1.54, 1.807) is 18.2 Å². The van der Waals surface area contributed by atoms with Crippen LogP contribution in [0.3, 0.4) is 0 Å². The smallest absolute Gasteiger partial charge is 0.166 e. The maximum atomic E-state index is 11.6. The lowest BCUT2D eigenvalue weighted by Crippen LogP contribution is -1.99. The molecule has 0 heterocycles. The third-order valence-electron chi connectivity index (χ3n) is 1.81.